The summed E-state index contributed by atoms with van der Waals surface area (Å²) in [7, 11) is 1.75. The van der Waals surface area contributed by atoms with Crippen molar-refractivity contribution in [3.05, 3.63) is 0 Å². The maximum atomic E-state index is 8.50. The van der Waals surface area contributed by atoms with Crippen LogP contribution in [0.4, 0.5) is 0 Å². The van der Waals surface area contributed by atoms with Gasteiger partial charge in [-0.3, -0.25) is 4.90 Å². The van der Waals surface area contributed by atoms with Crippen molar-refractivity contribution in [2.75, 3.05) is 46.4 Å². The highest BCUT2D eigenvalue weighted by molar-refractivity contribution is 4.79. The first-order chi connectivity index (χ1) is 7.77. The normalized spacial score (nSPS) is 23.2. The molecule has 1 rings (SSSR count). The van der Waals surface area contributed by atoms with E-state index >= 15 is 0 Å². The molecule has 0 aliphatic carbocycles. The fourth-order valence-corrected chi connectivity index (χ4v) is 2.20. The van der Waals surface area contributed by atoms with Gasteiger partial charge in [-0.2, -0.15) is 5.26 Å². The molecule has 0 spiro atoms. The highest BCUT2D eigenvalue weighted by Crippen LogP contribution is 2.09. The lowest BCUT2D eigenvalue weighted by atomic mass is 10.2. The third-order valence-electron chi connectivity index (χ3n) is 3.19. The molecule has 92 valence electrons. The summed E-state index contributed by atoms with van der Waals surface area (Å²) in [6, 6.07) is 2.80. The molecule has 0 aromatic rings. The summed E-state index contributed by atoms with van der Waals surface area (Å²) in [5.41, 5.74) is 0. The molecule has 0 aromatic carbocycles. The maximum Gasteiger partial charge on any atom is 0.0622 e. The number of nitrogens with zero attached hydrogens (tertiary/aromatic N) is 3. The molecular formula is C12H23N3O. The summed E-state index contributed by atoms with van der Waals surface area (Å²) in [5.74, 6) is 0. The van der Waals surface area contributed by atoms with Crippen molar-refractivity contribution in [2.24, 2.45) is 0 Å². The molecule has 1 aliphatic rings. The van der Waals surface area contributed by atoms with Crippen molar-refractivity contribution < 1.29 is 4.74 Å². The molecule has 0 saturated carbocycles. The topological polar surface area (TPSA) is 39.5 Å². The number of rotatable bonds is 6. The highest BCUT2D eigenvalue weighted by Gasteiger charge is 2.22. The van der Waals surface area contributed by atoms with Crippen molar-refractivity contribution in [2.45, 2.75) is 25.8 Å². The van der Waals surface area contributed by atoms with Crippen LogP contribution in [0.5, 0.6) is 0 Å². The van der Waals surface area contributed by atoms with Crippen LogP contribution in [0.1, 0.15) is 19.8 Å². The molecule has 0 N–H and O–H groups in total. The number of unbranched alkanes of at least 4 members (excludes halogenated alkanes) is 1. The lowest BCUT2D eigenvalue weighted by Gasteiger charge is -2.39. The smallest absolute Gasteiger partial charge is 0.0622 e. The zero-order valence-corrected chi connectivity index (χ0v) is 10.5. The molecule has 1 aliphatic heterocycles. The largest absolute Gasteiger partial charge is 0.383 e. The van der Waals surface area contributed by atoms with E-state index in [0.29, 0.717) is 12.5 Å². The number of methoxy groups -OCH3 is 1. The van der Waals surface area contributed by atoms with Crippen LogP contribution in [-0.2, 0) is 4.74 Å². The van der Waals surface area contributed by atoms with E-state index in [-0.39, 0.29) is 0 Å². The second-order valence-electron chi connectivity index (χ2n) is 4.44. The lowest BCUT2D eigenvalue weighted by molar-refractivity contribution is 0.0587. The molecule has 0 aromatic heterocycles. The zero-order chi connectivity index (χ0) is 11.8. The van der Waals surface area contributed by atoms with Crippen LogP contribution < -0.4 is 0 Å². The van der Waals surface area contributed by atoms with Gasteiger partial charge in [-0.25, -0.2) is 0 Å². The predicted molar refractivity (Wildman–Crippen MR) is 64.2 cm³/mol. The summed E-state index contributed by atoms with van der Waals surface area (Å²) in [5, 5.41) is 8.50. The van der Waals surface area contributed by atoms with Crippen molar-refractivity contribution in [3.63, 3.8) is 0 Å². The minimum atomic E-state index is 0.603. The molecule has 1 saturated heterocycles. The van der Waals surface area contributed by atoms with Gasteiger partial charge in [0.15, 0.2) is 0 Å². The van der Waals surface area contributed by atoms with Gasteiger partial charge in [0.2, 0.25) is 0 Å². The third-order valence-corrected chi connectivity index (χ3v) is 3.19. The first-order valence-corrected chi connectivity index (χ1v) is 6.10. The van der Waals surface area contributed by atoms with E-state index in [2.05, 4.69) is 22.8 Å². The number of nitriles is 1. The Hall–Kier alpha value is -0.630. The Kier molecular flexibility index (Phi) is 6.39. The van der Waals surface area contributed by atoms with Gasteiger partial charge in [-0.1, -0.05) is 0 Å². The number of hydrogen-bond donors (Lipinski definition) is 0. The highest BCUT2D eigenvalue weighted by atomic mass is 16.5. The van der Waals surface area contributed by atoms with Crippen LogP contribution in [0.15, 0.2) is 0 Å². The van der Waals surface area contributed by atoms with E-state index in [0.717, 1.165) is 45.8 Å². The van der Waals surface area contributed by atoms with E-state index in [1.165, 1.54) is 0 Å². The Bertz CT molecular complexity index is 227. The van der Waals surface area contributed by atoms with Gasteiger partial charge < -0.3 is 9.64 Å². The van der Waals surface area contributed by atoms with Gasteiger partial charge in [0, 0.05) is 45.8 Å². The standard InChI is InChI=1S/C12H23N3O/c1-12-11-14(6-4-3-5-13)7-8-15(12)9-10-16-2/h12H,3-4,6-11H2,1-2H3. The van der Waals surface area contributed by atoms with Crippen LogP contribution in [0.25, 0.3) is 0 Å². The minimum absolute atomic E-state index is 0.603. The number of piperazine rings is 1. The Morgan fingerprint density at radius 1 is 1.38 bits per heavy atom. The number of ether oxygens (including phenoxy) is 1. The van der Waals surface area contributed by atoms with Crippen molar-refractivity contribution in [1.82, 2.24) is 9.80 Å². The second-order valence-corrected chi connectivity index (χ2v) is 4.44. The fourth-order valence-electron chi connectivity index (χ4n) is 2.20. The van der Waals surface area contributed by atoms with Crippen molar-refractivity contribution in [3.8, 4) is 6.07 Å². The van der Waals surface area contributed by atoms with Gasteiger partial charge in [0.05, 0.1) is 12.7 Å². The van der Waals surface area contributed by atoms with Gasteiger partial charge in [-0.15, -0.1) is 0 Å². The van der Waals surface area contributed by atoms with Crippen LogP contribution in [-0.4, -0.2) is 62.3 Å². The van der Waals surface area contributed by atoms with Crippen LogP contribution >= 0.6 is 0 Å². The molecule has 4 heteroatoms. The zero-order valence-electron chi connectivity index (χ0n) is 10.5. The predicted octanol–water partition coefficient (Wildman–Crippen LogP) is 0.943. The Labute approximate surface area is 98.8 Å². The lowest BCUT2D eigenvalue weighted by Crippen LogP contribution is -2.52. The van der Waals surface area contributed by atoms with Gasteiger partial charge in [0.1, 0.15) is 0 Å². The van der Waals surface area contributed by atoms with Crippen LogP contribution in [0.3, 0.4) is 0 Å². The van der Waals surface area contributed by atoms with Crippen LogP contribution in [0, 0.1) is 11.3 Å². The van der Waals surface area contributed by atoms with E-state index in [1.807, 2.05) is 0 Å². The molecule has 1 atom stereocenters. The Morgan fingerprint density at radius 3 is 2.81 bits per heavy atom. The summed E-state index contributed by atoms with van der Waals surface area (Å²) < 4.78 is 5.11. The van der Waals surface area contributed by atoms with Crippen LogP contribution in [0.2, 0.25) is 0 Å². The summed E-state index contributed by atoms with van der Waals surface area (Å²) in [6.07, 6.45) is 1.68. The molecule has 0 radical (unpaired) electrons. The number of hydrogen-bond acceptors (Lipinski definition) is 4. The second kappa shape index (κ2) is 7.61. The molecule has 1 unspecified atom stereocenters. The van der Waals surface area contributed by atoms with Crippen molar-refractivity contribution >= 4 is 0 Å². The van der Waals surface area contributed by atoms with E-state index in [9.17, 15) is 0 Å². The van der Waals surface area contributed by atoms with Gasteiger partial charge >= 0.3 is 0 Å². The summed E-state index contributed by atoms with van der Waals surface area (Å²) in [6.45, 7) is 8.55. The first kappa shape index (κ1) is 13.4. The molecule has 1 fully saturated rings. The van der Waals surface area contributed by atoms with E-state index in [4.69, 9.17) is 10.00 Å². The monoisotopic (exact) mass is 225 g/mol. The molecule has 0 bridgehead atoms. The summed E-state index contributed by atoms with van der Waals surface area (Å²) in [4.78, 5) is 4.94. The first-order valence-electron chi connectivity index (χ1n) is 6.10. The van der Waals surface area contributed by atoms with E-state index in [1.54, 1.807) is 7.11 Å². The molecule has 4 nitrogen and oxygen atoms in total. The Morgan fingerprint density at radius 2 is 2.19 bits per heavy atom. The molecule has 1 heterocycles. The quantitative estimate of drug-likeness (QED) is 0.631. The molecular weight excluding hydrogens is 202 g/mol. The summed E-state index contributed by atoms with van der Waals surface area (Å²) >= 11 is 0. The van der Waals surface area contributed by atoms with E-state index < -0.39 is 0 Å². The molecule has 0 amide bonds. The third kappa shape index (κ3) is 4.48. The SMILES string of the molecule is COCCN1CCN(CCCC#N)CC1C. The van der Waals surface area contributed by atoms with Gasteiger partial charge in [0.25, 0.3) is 0 Å². The Balaban J connectivity index is 2.20. The van der Waals surface area contributed by atoms with Crippen molar-refractivity contribution in [1.29, 1.82) is 5.26 Å². The molecule has 16 heavy (non-hydrogen) atoms. The average molecular weight is 225 g/mol. The maximum absolute atomic E-state index is 8.50. The average Bonchev–Trinajstić information content (AvgIpc) is 2.28. The fraction of sp³-hybridized carbons (Fsp3) is 0.917. The minimum Gasteiger partial charge on any atom is -0.383 e. The van der Waals surface area contributed by atoms with Gasteiger partial charge in [-0.05, 0) is 19.9 Å².